The molecule has 0 saturated heterocycles. The number of fused-ring (bicyclic) bond motifs is 1. The third-order valence-electron chi connectivity index (χ3n) is 2.64. The van der Waals surface area contributed by atoms with Crippen molar-refractivity contribution in [3.05, 3.63) is 16.5 Å². The molecule has 1 N–H and O–H groups in total. The first-order chi connectivity index (χ1) is 6.81. The Bertz CT molecular complexity index is 338. The molecular formula is C10H14ClN3. The van der Waals surface area contributed by atoms with Gasteiger partial charge in [-0.05, 0) is 37.3 Å². The Labute approximate surface area is 88.9 Å². The van der Waals surface area contributed by atoms with Gasteiger partial charge in [0.05, 0.1) is 5.69 Å². The molecule has 0 saturated carbocycles. The number of halogens is 1. The molecule has 0 aliphatic heterocycles. The van der Waals surface area contributed by atoms with Crippen LogP contribution in [0.4, 0.5) is 5.82 Å². The van der Waals surface area contributed by atoms with E-state index < -0.39 is 0 Å². The lowest BCUT2D eigenvalue weighted by Gasteiger charge is -2.10. The molecule has 76 valence electrons. The highest BCUT2D eigenvalue weighted by Crippen LogP contribution is 2.25. The van der Waals surface area contributed by atoms with E-state index in [1.807, 2.05) is 7.05 Å². The Hall–Kier alpha value is -0.830. The average molecular weight is 212 g/mol. The molecule has 0 atom stereocenters. The number of hydrogen-bond donors (Lipinski definition) is 1. The van der Waals surface area contributed by atoms with Crippen molar-refractivity contribution in [2.24, 2.45) is 0 Å². The third kappa shape index (κ3) is 1.82. The molecule has 2 rings (SSSR count). The van der Waals surface area contributed by atoms with E-state index in [0.717, 1.165) is 24.4 Å². The van der Waals surface area contributed by atoms with Gasteiger partial charge >= 0.3 is 0 Å². The number of anilines is 1. The number of rotatable bonds is 1. The largest absolute Gasteiger partial charge is 0.373 e. The minimum atomic E-state index is 0.356. The van der Waals surface area contributed by atoms with Crippen molar-refractivity contribution in [1.29, 1.82) is 0 Å². The monoisotopic (exact) mass is 211 g/mol. The molecule has 1 heterocycles. The van der Waals surface area contributed by atoms with E-state index in [2.05, 4.69) is 15.3 Å². The standard InChI is InChI=1S/C10H14ClN3/c1-12-9-7-5-3-2-4-6-8(7)13-10(11)14-9/h2-6H2,1H3,(H,12,13,14). The minimum Gasteiger partial charge on any atom is -0.373 e. The van der Waals surface area contributed by atoms with Crippen LogP contribution in [0.15, 0.2) is 0 Å². The molecule has 0 aromatic carbocycles. The van der Waals surface area contributed by atoms with Gasteiger partial charge in [0.2, 0.25) is 5.28 Å². The first-order valence-electron chi connectivity index (χ1n) is 5.04. The van der Waals surface area contributed by atoms with Gasteiger partial charge in [-0.2, -0.15) is 0 Å². The van der Waals surface area contributed by atoms with Crippen LogP contribution in [0.3, 0.4) is 0 Å². The maximum Gasteiger partial charge on any atom is 0.224 e. The highest BCUT2D eigenvalue weighted by Gasteiger charge is 2.14. The van der Waals surface area contributed by atoms with Crippen molar-refractivity contribution in [3.8, 4) is 0 Å². The fourth-order valence-corrected chi connectivity index (χ4v) is 2.13. The maximum absolute atomic E-state index is 5.85. The van der Waals surface area contributed by atoms with Gasteiger partial charge in [0.25, 0.3) is 0 Å². The highest BCUT2D eigenvalue weighted by atomic mass is 35.5. The Morgan fingerprint density at radius 3 is 2.71 bits per heavy atom. The average Bonchev–Trinajstić information content (AvgIpc) is 2.41. The second kappa shape index (κ2) is 4.13. The van der Waals surface area contributed by atoms with Crippen LogP contribution in [0.5, 0.6) is 0 Å². The zero-order chi connectivity index (χ0) is 9.97. The summed E-state index contributed by atoms with van der Waals surface area (Å²) in [5.74, 6) is 0.905. The summed E-state index contributed by atoms with van der Waals surface area (Å²) in [4.78, 5) is 8.49. The Balaban J connectivity index is 2.46. The summed E-state index contributed by atoms with van der Waals surface area (Å²) < 4.78 is 0. The molecule has 1 aliphatic carbocycles. The zero-order valence-electron chi connectivity index (χ0n) is 8.31. The van der Waals surface area contributed by atoms with Gasteiger partial charge in [-0.25, -0.2) is 9.97 Å². The molecule has 14 heavy (non-hydrogen) atoms. The van der Waals surface area contributed by atoms with Crippen molar-refractivity contribution in [3.63, 3.8) is 0 Å². The number of nitrogens with zero attached hydrogens (tertiary/aromatic N) is 2. The zero-order valence-corrected chi connectivity index (χ0v) is 9.06. The van der Waals surface area contributed by atoms with Crippen molar-refractivity contribution >= 4 is 17.4 Å². The summed E-state index contributed by atoms with van der Waals surface area (Å²) in [6.45, 7) is 0. The Kier molecular flexibility index (Phi) is 2.87. The van der Waals surface area contributed by atoms with Crippen molar-refractivity contribution in [2.75, 3.05) is 12.4 Å². The highest BCUT2D eigenvalue weighted by molar-refractivity contribution is 6.28. The van der Waals surface area contributed by atoms with Gasteiger partial charge in [-0.3, -0.25) is 0 Å². The molecule has 1 aliphatic rings. The number of nitrogens with one attached hydrogen (secondary N) is 1. The second-order valence-electron chi connectivity index (χ2n) is 3.58. The van der Waals surface area contributed by atoms with E-state index in [4.69, 9.17) is 11.6 Å². The van der Waals surface area contributed by atoms with Crippen LogP contribution in [0.2, 0.25) is 5.28 Å². The number of hydrogen-bond acceptors (Lipinski definition) is 3. The van der Waals surface area contributed by atoms with Crippen LogP contribution in [0.1, 0.15) is 30.5 Å². The minimum absolute atomic E-state index is 0.356. The van der Waals surface area contributed by atoms with Gasteiger partial charge in [-0.1, -0.05) is 6.42 Å². The Morgan fingerprint density at radius 2 is 1.93 bits per heavy atom. The summed E-state index contributed by atoms with van der Waals surface area (Å²) in [6.07, 6.45) is 5.82. The third-order valence-corrected chi connectivity index (χ3v) is 2.81. The van der Waals surface area contributed by atoms with E-state index >= 15 is 0 Å². The topological polar surface area (TPSA) is 37.8 Å². The van der Waals surface area contributed by atoms with Crippen LogP contribution in [0, 0.1) is 0 Å². The maximum atomic E-state index is 5.85. The van der Waals surface area contributed by atoms with Gasteiger partial charge in [-0.15, -0.1) is 0 Å². The number of aromatic nitrogens is 2. The van der Waals surface area contributed by atoms with E-state index in [1.165, 1.54) is 24.8 Å². The predicted molar refractivity (Wildman–Crippen MR) is 57.8 cm³/mol. The van der Waals surface area contributed by atoms with Crippen LogP contribution < -0.4 is 5.32 Å². The fourth-order valence-electron chi connectivity index (χ4n) is 1.95. The molecule has 0 fully saturated rings. The molecule has 0 radical (unpaired) electrons. The van der Waals surface area contributed by atoms with Crippen LogP contribution in [-0.2, 0) is 12.8 Å². The smallest absolute Gasteiger partial charge is 0.224 e. The first kappa shape index (κ1) is 9.71. The van der Waals surface area contributed by atoms with E-state index in [9.17, 15) is 0 Å². The summed E-state index contributed by atoms with van der Waals surface area (Å²) in [5.41, 5.74) is 2.39. The van der Waals surface area contributed by atoms with Gasteiger partial charge in [0.15, 0.2) is 0 Å². The molecule has 1 aromatic heterocycles. The predicted octanol–water partition coefficient (Wildman–Crippen LogP) is 2.44. The molecular weight excluding hydrogens is 198 g/mol. The van der Waals surface area contributed by atoms with Crippen LogP contribution in [-0.4, -0.2) is 17.0 Å². The van der Waals surface area contributed by atoms with Crippen LogP contribution >= 0.6 is 11.6 Å². The Morgan fingerprint density at radius 1 is 1.14 bits per heavy atom. The lowest BCUT2D eigenvalue weighted by atomic mass is 10.1. The van der Waals surface area contributed by atoms with E-state index in [1.54, 1.807) is 0 Å². The molecule has 0 bridgehead atoms. The van der Waals surface area contributed by atoms with Gasteiger partial charge in [0, 0.05) is 12.6 Å². The molecule has 0 unspecified atom stereocenters. The van der Waals surface area contributed by atoms with E-state index in [0.29, 0.717) is 5.28 Å². The molecule has 4 heteroatoms. The molecule has 0 amide bonds. The molecule has 1 aromatic rings. The van der Waals surface area contributed by atoms with Crippen molar-refractivity contribution in [2.45, 2.75) is 32.1 Å². The van der Waals surface area contributed by atoms with Crippen molar-refractivity contribution in [1.82, 2.24) is 9.97 Å². The SMILES string of the molecule is CNc1nc(Cl)nc2c1CCCCC2. The van der Waals surface area contributed by atoms with Gasteiger partial charge < -0.3 is 5.32 Å². The van der Waals surface area contributed by atoms with Crippen LogP contribution in [0.25, 0.3) is 0 Å². The molecule has 0 spiro atoms. The fraction of sp³-hybridized carbons (Fsp3) is 0.600. The van der Waals surface area contributed by atoms with Crippen molar-refractivity contribution < 1.29 is 0 Å². The second-order valence-corrected chi connectivity index (χ2v) is 3.92. The lowest BCUT2D eigenvalue weighted by molar-refractivity contribution is 0.709. The van der Waals surface area contributed by atoms with Gasteiger partial charge in [0.1, 0.15) is 5.82 Å². The quantitative estimate of drug-likeness (QED) is 0.573. The summed E-state index contributed by atoms with van der Waals surface area (Å²) in [5, 5.41) is 3.44. The van der Waals surface area contributed by atoms with E-state index in [-0.39, 0.29) is 0 Å². The molecule has 3 nitrogen and oxygen atoms in total. The number of aryl methyl sites for hydroxylation is 1. The lowest BCUT2D eigenvalue weighted by Crippen LogP contribution is -2.05. The summed E-state index contributed by atoms with van der Waals surface area (Å²) >= 11 is 5.85. The first-order valence-corrected chi connectivity index (χ1v) is 5.42. The summed E-state index contributed by atoms with van der Waals surface area (Å²) in [6, 6.07) is 0. The normalized spacial score (nSPS) is 15.9. The summed E-state index contributed by atoms with van der Waals surface area (Å²) in [7, 11) is 1.88.